The zero-order chi connectivity index (χ0) is 14.8. The van der Waals surface area contributed by atoms with Crippen LogP contribution < -0.4 is 10.9 Å². The SMILES string of the molecule is CNC1CCCN(C(C)c2nc3ccccc3c(=O)[nH]2)C1.Cl. The highest BCUT2D eigenvalue weighted by Gasteiger charge is 2.24. The molecule has 2 unspecified atom stereocenters. The first kappa shape index (κ1) is 16.9. The molecule has 1 aromatic carbocycles. The molecule has 0 bridgehead atoms. The summed E-state index contributed by atoms with van der Waals surface area (Å²) in [6.45, 7) is 4.16. The Labute approximate surface area is 136 Å². The lowest BCUT2D eigenvalue weighted by molar-refractivity contribution is 0.144. The predicted octanol–water partition coefficient (Wildman–Crippen LogP) is 2.09. The Morgan fingerprint density at radius 3 is 2.95 bits per heavy atom. The Kier molecular flexibility index (Phi) is 5.56. The van der Waals surface area contributed by atoms with Crippen molar-refractivity contribution in [2.75, 3.05) is 20.1 Å². The van der Waals surface area contributed by atoms with E-state index in [4.69, 9.17) is 0 Å². The number of halogens is 1. The van der Waals surface area contributed by atoms with E-state index < -0.39 is 0 Å². The van der Waals surface area contributed by atoms with Crippen LogP contribution in [0.15, 0.2) is 29.1 Å². The number of rotatable bonds is 3. The van der Waals surface area contributed by atoms with Crippen molar-refractivity contribution >= 4 is 23.3 Å². The number of likely N-dealkylation sites (tertiary alicyclic amines) is 1. The molecule has 0 radical (unpaired) electrons. The van der Waals surface area contributed by atoms with Gasteiger partial charge in [-0.05, 0) is 45.5 Å². The summed E-state index contributed by atoms with van der Waals surface area (Å²) in [6.07, 6.45) is 2.38. The zero-order valence-electron chi connectivity index (χ0n) is 13.0. The summed E-state index contributed by atoms with van der Waals surface area (Å²) in [7, 11) is 2.01. The molecule has 22 heavy (non-hydrogen) atoms. The van der Waals surface area contributed by atoms with Crippen molar-refractivity contribution < 1.29 is 0 Å². The normalized spacial score (nSPS) is 20.5. The number of fused-ring (bicyclic) bond motifs is 1. The topological polar surface area (TPSA) is 61.0 Å². The van der Waals surface area contributed by atoms with Crippen molar-refractivity contribution in [2.24, 2.45) is 0 Å². The molecule has 120 valence electrons. The van der Waals surface area contributed by atoms with Crippen molar-refractivity contribution in [3.63, 3.8) is 0 Å². The highest BCUT2D eigenvalue weighted by atomic mass is 35.5. The van der Waals surface area contributed by atoms with Gasteiger partial charge in [-0.15, -0.1) is 12.4 Å². The van der Waals surface area contributed by atoms with E-state index in [2.05, 4.69) is 27.1 Å². The van der Waals surface area contributed by atoms with Crippen LogP contribution >= 0.6 is 12.4 Å². The van der Waals surface area contributed by atoms with Gasteiger partial charge in [0, 0.05) is 12.6 Å². The second-order valence-electron chi connectivity index (χ2n) is 5.77. The highest BCUT2D eigenvalue weighted by molar-refractivity contribution is 5.85. The number of nitrogens with zero attached hydrogens (tertiary/aromatic N) is 2. The first-order chi connectivity index (χ1) is 10.2. The molecular formula is C16H23ClN4O. The van der Waals surface area contributed by atoms with Gasteiger partial charge in [-0.25, -0.2) is 4.98 Å². The largest absolute Gasteiger partial charge is 0.316 e. The van der Waals surface area contributed by atoms with E-state index in [0.717, 1.165) is 24.4 Å². The van der Waals surface area contributed by atoms with Gasteiger partial charge in [-0.1, -0.05) is 12.1 Å². The maximum atomic E-state index is 12.2. The van der Waals surface area contributed by atoms with Gasteiger partial charge in [0.25, 0.3) is 5.56 Å². The van der Waals surface area contributed by atoms with E-state index >= 15 is 0 Å². The molecule has 1 fully saturated rings. The van der Waals surface area contributed by atoms with Crippen LogP contribution in [0.1, 0.15) is 31.6 Å². The minimum Gasteiger partial charge on any atom is -0.316 e. The maximum Gasteiger partial charge on any atom is 0.258 e. The van der Waals surface area contributed by atoms with Crippen molar-refractivity contribution in [1.29, 1.82) is 0 Å². The molecule has 0 aliphatic carbocycles. The molecule has 2 aromatic rings. The minimum atomic E-state index is -0.0513. The molecule has 0 spiro atoms. The lowest BCUT2D eigenvalue weighted by Gasteiger charge is -2.36. The van der Waals surface area contributed by atoms with E-state index in [1.807, 2.05) is 31.3 Å². The number of likely N-dealkylation sites (N-methyl/N-ethyl adjacent to an activating group) is 1. The summed E-state index contributed by atoms with van der Waals surface area (Å²) in [5.41, 5.74) is 0.718. The van der Waals surface area contributed by atoms with Crippen molar-refractivity contribution in [3.8, 4) is 0 Å². The molecule has 1 saturated heterocycles. The van der Waals surface area contributed by atoms with Crippen LogP contribution in [-0.2, 0) is 0 Å². The number of benzene rings is 1. The quantitative estimate of drug-likeness (QED) is 0.908. The van der Waals surface area contributed by atoms with Gasteiger partial charge >= 0.3 is 0 Å². The third kappa shape index (κ3) is 3.32. The van der Waals surface area contributed by atoms with Crippen LogP contribution in [0.25, 0.3) is 10.9 Å². The number of hydrogen-bond acceptors (Lipinski definition) is 4. The van der Waals surface area contributed by atoms with E-state index in [1.54, 1.807) is 0 Å². The summed E-state index contributed by atoms with van der Waals surface area (Å²) >= 11 is 0. The van der Waals surface area contributed by atoms with Crippen molar-refractivity contribution in [2.45, 2.75) is 31.8 Å². The molecule has 1 aliphatic rings. The molecule has 2 N–H and O–H groups in total. The Morgan fingerprint density at radius 2 is 2.18 bits per heavy atom. The van der Waals surface area contributed by atoms with Gasteiger partial charge in [-0.2, -0.15) is 0 Å². The van der Waals surface area contributed by atoms with Crippen LogP contribution in [0.2, 0.25) is 0 Å². The Balaban J connectivity index is 0.00000176. The fraction of sp³-hybridized carbons (Fsp3) is 0.500. The first-order valence-corrected chi connectivity index (χ1v) is 7.59. The average molecular weight is 323 g/mol. The number of H-pyrrole nitrogens is 1. The van der Waals surface area contributed by atoms with Gasteiger partial charge in [-0.3, -0.25) is 9.69 Å². The van der Waals surface area contributed by atoms with Crippen molar-refractivity contribution in [1.82, 2.24) is 20.2 Å². The number of para-hydroxylation sites is 1. The van der Waals surface area contributed by atoms with Gasteiger partial charge in [0.1, 0.15) is 5.82 Å². The Hall–Kier alpha value is -1.43. The van der Waals surface area contributed by atoms with Crippen LogP contribution in [0, 0.1) is 0 Å². The average Bonchev–Trinajstić information content (AvgIpc) is 2.54. The lowest BCUT2D eigenvalue weighted by atomic mass is 10.0. The molecule has 3 rings (SSSR count). The molecule has 1 aromatic heterocycles. The second kappa shape index (κ2) is 7.22. The lowest BCUT2D eigenvalue weighted by Crippen LogP contribution is -2.45. The Morgan fingerprint density at radius 1 is 1.41 bits per heavy atom. The summed E-state index contributed by atoms with van der Waals surface area (Å²) in [5, 5.41) is 4.00. The van der Waals surface area contributed by atoms with Gasteiger partial charge < -0.3 is 10.3 Å². The molecule has 2 atom stereocenters. The fourth-order valence-corrected chi connectivity index (χ4v) is 3.07. The summed E-state index contributed by atoms with van der Waals surface area (Å²) < 4.78 is 0. The molecule has 0 saturated carbocycles. The Bertz CT molecular complexity index is 687. The van der Waals surface area contributed by atoms with Crippen LogP contribution in [0.4, 0.5) is 0 Å². The molecule has 1 aliphatic heterocycles. The minimum absolute atomic E-state index is 0. The molecule has 2 heterocycles. The van der Waals surface area contributed by atoms with Gasteiger partial charge in [0.2, 0.25) is 0 Å². The summed E-state index contributed by atoms with van der Waals surface area (Å²) in [6, 6.07) is 8.14. The standard InChI is InChI=1S/C16H22N4O.ClH/c1-11(20-9-5-6-12(10-20)17-2)15-18-14-8-4-3-7-13(14)16(21)19-15;/h3-4,7-8,11-12,17H,5-6,9-10H2,1-2H3,(H,18,19,21);1H. The third-order valence-corrected chi connectivity index (χ3v) is 4.44. The number of aromatic nitrogens is 2. The summed E-state index contributed by atoms with van der Waals surface area (Å²) in [5.74, 6) is 0.760. The molecule has 6 heteroatoms. The maximum absolute atomic E-state index is 12.2. The van der Waals surface area contributed by atoms with E-state index in [9.17, 15) is 4.79 Å². The monoisotopic (exact) mass is 322 g/mol. The van der Waals surface area contributed by atoms with Gasteiger partial charge in [0.15, 0.2) is 0 Å². The van der Waals surface area contributed by atoms with E-state index in [0.29, 0.717) is 11.4 Å². The van der Waals surface area contributed by atoms with Crippen LogP contribution in [0.5, 0.6) is 0 Å². The second-order valence-corrected chi connectivity index (χ2v) is 5.77. The molecule has 5 nitrogen and oxygen atoms in total. The number of nitrogens with one attached hydrogen (secondary N) is 2. The summed E-state index contributed by atoms with van der Waals surface area (Å²) in [4.78, 5) is 22.2. The molecular weight excluding hydrogens is 300 g/mol. The molecule has 0 amide bonds. The highest BCUT2D eigenvalue weighted by Crippen LogP contribution is 2.22. The van der Waals surface area contributed by atoms with E-state index in [1.165, 1.54) is 12.8 Å². The smallest absolute Gasteiger partial charge is 0.258 e. The number of hydrogen-bond donors (Lipinski definition) is 2. The van der Waals surface area contributed by atoms with E-state index in [-0.39, 0.29) is 24.0 Å². The third-order valence-electron chi connectivity index (χ3n) is 4.44. The predicted molar refractivity (Wildman–Crippen MR) is 91.7 cm³/mol. The van der Waals surface area contributed by atoms with Crippen LogP contribution in [0.3, 0.4) is 0 Å². The zero-order valence-corrected chi connectivity index (χ0v) is 13.8. The van der Waals surface area contributed by atoms with Gasteiger partial charge in [0.05, 0.1) is 16.9 Å². The van der Waals surface area contributed by atoms with Crippen LogP contribution in [-0.4, -0.2) is 41.0 Å². The fourth-order valence-electron chi connectivity index (χ4n) is 3.07. The number of aromatic amines is 1. The number of piperidine rings is 1. The first-order valence-electron chi connectivity index (χ1n) is 7.59. The van der Waals surface area contributed by atoms with Crippen molar-refractivity contribution in [3.05, 3.63) is 40.4 Å².